The van der Waals surface area contributed by atoms with Gasteiger partial charge in [-0.05, 0) is 111 Å². The predicted molar refractivity (Wildman–Crippen MR) is 303 cm³/mol. The third-order valence-corrected chi connectivity index (χ3v) is 14.5. The molecule has 0 radical (unpaired) electrons. The number of benzene rings is 7. The number of nitrogens with zero attached hydrogens (tertiary/aromatic N) is 6. The van der Waals surface area contributed by atoms with E-state index in [0.29, 0.717) is 17.5 Å². The van der Waals surface area contributed by atoms with Gasteiger partial charge in [-0.2, -0.15) is 0 Å². The van der Waals surface area contributed by atoms with Crippen molar-refractivity contribution in [3.8, 4) is 56.8 Å². The molecule has 11 aromatic rings. The summed E-state index contributed by atoms with van der Waals surface area (Å²) in [5, 5.41) is 4.86. The molecule has 0 fully saturated rings. The summed E-state index contributed by atoms with van der Waals surface area (Å²) in [4.78, 5) is 21.4. The van der Waals surface area contributed by atoms with Crippen molar-refractivity contribution in [1.82, 2.24) is 29.1 Å². The Morgan fingerprint density at radius 3 is 1.08 bits per heavy atom. The summed E-state index contributed by atoms with van der Waals surface area (Å²) in [6, 6.07) is 59.4. The Kier molecular flexibility index (Phi) is 11.0. The summed E-state index contributed by atoms with van der Waals surface area (Å²) in [5.74, 6) is 1.77. The van der Waals surface area contributed by atoms with Crippen LogP contribution in [0.15, 0.2) is 170 Å². The second-order valence-electron chi connectivity index (χ2n) is 23.7. The second kappa shape index (κ2) is 17.0. The molecule has 72 heavy (non-hydrogen) atoms. The van der Waals surface area contributed by atoms with Gasteiger partial charge in [0.2, 0.25) is 0 Å². The van der Waals surface area contributed by atoms with E-state index in [1.165, 1.54) is 43.8 Å². The third kappa shape index (κ3) is 8.17. The van der Waals surface area contributed by atoms with Crippen molar-refractivity contribution in [2.24, 2.45) is 0 Å². The summed E-state index contributed by atoms with van der Waals surface area (Å²) >= 11 is 0. The first-order valence-corrected chi connectivity index (χ1v) is 25.4. The molecule has 7 aromatic carbocycles. The standard InChI is InChI=1S/C66H64N6/c1-63(2,3)43-28-32-52-48(37-43)49-38-44(64(4,5)6)29-33-53(49)71(52)56-26-19-25-47(62-69-60(41-21-15-13-16-22-41)68-61(70-62)42-23-17-14-18-24-42)58(56)59-57(27-20-36-67-59)72-54-34-30-45(65(7,8)9)39-50(54)51-40-46(66(10,11)12)31-35-55(51)72/h13-40H,1-12H3. The molecule has 358 valence electrons. The van der Waals surface area contributed by atoms with Crippen molar-refractivity contribution >= 4 is 43.6 Å². The van der Waals surface area contributed by atoms with Crippen LogP contribution in [0, 0.1) is 0 Å². The third-order valence-electron chi connectivity index (χ3n) is 14.5. The maximum absolute atomic E-state index is 5.50. The SMILES string of the molecule is CC(C)(C)c1ccc2c(c1)c1cc(C(C)(C)C)ccc1n2-c1cccnc1-c1c(-c2nc(-c3ccccc3)nc(-c3ccccc3)n2)cccc1-n1c2ccc(C(C)(C)C)cc2c2cc(C(C)(C)C)ccc21. The highest BCUT2D eigenvalue weighted by Crippen LogP contribution is 2.46. The van der Waals surface area contributed by atoms with Crippen LogP contribution in [0.3, 0.4) is 0 Å². The summed E-state index contributed by atoms with van der Waals surface area (Å²) in [6.45, 7) is 27.5. The monoisotopic (exact) mass is 941 g/mol. The minimum atomic E-state index is -0.0482. The smallest absolute Gasteiger partial charge is 0.164 e. The molecular weight excluding hydrogens is 877 g/mol. The van der Waals surface area contributed by atoms with E-state index in [0.717, 1.165) is 61.4 Å². The fraction of sp³-hybridized carbons (Fsp3) is 0.242. The fourth-order valence-corrected chi connectivity index (χ4v) is 10.3. The van der Waals surface area contributed by atoms with Crippen molar-refractivity contribution in [2.45, 2.75) is 105 Å². The van der Waals surface area contributed by atoms with Crippen LogP contribution in [0.4, 0.5) is 0 Å². The van der Waals surface area contributed by atoms with E-state index in [1.54, 1.807) is 0 Å². The van der Waals surface area contributed by atoms with Gasteiger partial charge in [0.1, 0.15) is 0 Å². The molecule has 0 unspecified atom stereocenters. The molecule has 0 atom stereocenters. The normalized spacial score (nSPS) is 12.7. The molecule has 0 aliphatic heterocycles. The van der Waals surface area contributed by atoms with Gasteiger partial charge in [-0.15, -0.1) is 0 Å². The minimum Gasteiger partial charge on any atom is -0.309 e. The Hall–Kier alpha value is -7.70. The largest absolute Gasteiger partial charge is 0.309 e. The van der Waals surface area contributed by atoms with E-state index in [4.69, 9.17) is 19.9 Å². The lowest BCUT2D eigenvalue weighted by molar-refractivity contribution is 0.590. The van der Waals surface area contributed by atoms with Crippen molar-refractivity contribution < 1.29 is 0 Å². The van der Waals surface area contributed by atoms with Crippen molar-refractivity contribution in [1.29, 1.82) is 0 Å². The highest BCUT2D eigenvalue weighted by Gasteiger charge is 2.28. The Morgan fingerprint density at radius 1 is 0.333 bits per heavy atom. The Morgan fingerprint density at radius 2 is 0.694 bits per heavy atom. The zero-order chi connectivity index (χ0) is 50.5. The van der Waals surface area contributed by atoms with Gasteiger partial charge in [0.05, 0.1) is 39.1 Å². The van der Waals surface area contributed by atoms with Gasteiger partial charge in [-0.25, -0.2) is 15.0 Å². The number of hydrogen-bond donors (Lipinski definition) is 0. The van der Waals surface area contributed by atoms with E-state index in [-0.39, 0.29) is 21.7 Å². The van der Waals surface area contributed by atoms with Crippen LogP contribution in [-0.2, 0) is 21.7 Å². The lowest BCUT2D eigenvalue weighted by Crippen LogP contribution is -2.10. The number of pyridine rings is 1. The molecule has 6 nitrogen and oxygen atoms in total. The summed E-state index contributed by atoms with van der Waals surface area (Å²) in [7, 11) is 0. The second-order valence-corrected chi connectivity index (χ2v) is 23.7. The molecule has 0 aliphatic rings. The molecular formula is C66H64N6. The first-order valence-electron chi connectivity index (χ1n) is 25.4. The van der Waals surface area contributed by atoms with Gasteiger partial charge >= 0.3 is 0 Å². The van der Waals surface area contributed by atoms with Crippen LogP contribution in [0.2, 0.25) is 0 Å². The van der Waals surface area contributed by atoms with Gasteiger partial charge in [0.25, 0.3) is 0 Å². The van der Waals surface area contributed by atoms with E-state index in [1.807, 2.05) is 42.6 Å². The molecule has 0 saturated carbocycles. The molecule has 0 spiro atoms. The zero-order valence-electron chi connectivity index (χ0n) is 43.8. The lowest BCUT2D eigenvalue weighted by atomic mass is 9.85. The van der Waals surface area contributed by atoms with Gasteiger partial charge in [0.15, 0.2) is 17.5 Å². The molecule has 0 bridgehead atoms. The van der Waals surface area contributed by atoms with Gasteiger partial charge in [0, 0.05) is 50.0 Å². The number of aromatic nitrogens is 6. The van der Waals surface area contributed by atoms with Crippen molar-refractivity contribution in [3.05, 3.63) is 192 Å². The molecule has 0 N–H and O–H groups in total. The number of hydrogen-bond acceptors (Lipinski definition) is 4. The Balaban J connectivity index is 1.29. The molecule has 0 aliphatic carbocycles. The minimum absolute atomic E-state index is 0.0388. The topological polar surface area (TPSA) is 61.4 Å². The van der Waals surface area contributed by atoms with Gasteiger partial charge in [-0.1, -0.05) is 180 Å². The van der Waals surface area contributed by atoms with E-state index in [9.17, 15) is 0 Å². The van der Waals surface area contributed by atoms with Crippen LogP contribution in [-0.4, -0.2) is 29.1 Å². The Labute approximate surface area is 424 Å². The molecule has 6 heteroatoms. The highest BCUT2D eigenvalue weighted by molar-refractivity contribution is 6.12. The fourth-order valence-electron chi connectivity index (χ4n) is 10.3. The summed E-state index contributed by atoms with van der Waals surface area (Å²) < 4.78 is 4.89. The van der Waals surface area contributed by atoms with Crippen molar-refractivity contribution in [2.75, 3.05) is 0 Å². The molecule has 0 amide bonds. The molecule has 4 aromatic heterocycles. The molecule has 0 saturated heterocycles. The lowest BCUT2D eigenvalue weighted by Gasteiger charge is -2.22. The van der Waals surface area contributed by atoms with Crippen LogP contribution in [0.5, 0.6) is 0 Å². The number of rotatable bonds is 6. The first-order chi connectivity index (χ1) is 34.2. The first kappa shape index (κ1) is 46.7. The van der Waals surface area contributed by atoms with Crippen LogP contribution in [0.1, 0.15) is 105 Å². The van der Waals surface area contributed by atoms with Gasteiger partial charge in [-0.3, -0.25) is 4.98 Å². The summed E-state index contributed by atoms with van der Waals surface area (Å²) in [6.07, 6.45) is 1.93. The molecule has 11 rings (SSSR count). The van der Waals surface area contributed by atoms with Crippen molar-refractivity contribution in [3.63, 3.8) is 0 Å². The summed E-state index contributed by atoms with van der Waals surface area (Å²) in [5.41, 5.74) is 15.8. The van der Waals surface area contributed by atoms with E-state index >= 15 is 0 Å². The maximum atomic E-state index is 5.50. The molecule has 4 heterocycles. The number of fused-ring (bicyclic) bond motifs is 6. The highest BCUT2D eigenvalue weighted by atomic mass is 15.1. The van der Waals surface area contributed by atoms with Crippen LogP contribution in [0.25, 0.3) is 100 Å². The van der Waals surface area contributed by atoms with Gasteiger partial charge < -0.3 is 9.13 Å². The Bertz CT molecular complexity index is 3680. The van der Waals surface area contributed by atoms with E-state index in [2.05, 4.69) is 220 Å². The van der Waals surface area contributed by atoms with Crippen LogP contribution >= 0.6 is 0 Å². The maximum Gasteiger partial charge on any atom is 0.164 e. The zero-order valence-corrected chi connectivity index (χ0v) is 43.8. The predicted octanol–water partition coefficient (Wildman–Crippen LogP) is 17.3. The average Bonchev–Trinajstić information content (AvgIpc) is 3.87. The average molecular weight is 941 g/mol. The van der Waals surface area contributed by atoms with E-state index < -0.39 is 0 Å². The quantitative estimate of drug-likeness (QED) is 0.167. The van der Waals surface area contributed by atoms with Crippen LogP contribution < -0.4 is 0 Å².